The Labute approximate surface area is 237 Å². The van der Waals surface area contributed by atoms with E-state index in [1.165, 1.54) is 6.42 Å². The van der Waals surface area contributed by atoms with E-state index >= 15 is 0 Å². The minimum absolute atomic E-state index is 0.0808. The quantitative estimate of drug-likeness (QED) is 0.258. The fourth-order valence-corrected chi connectivity index (χ4v) is 6.45. The summed E-state index contributed by atoms with van der Waals surface area (Å²) >= 11 is 0. The summed E-state index contributed by atoms with van der Waals surface area (Å²) in [7, 11) is 3.80. The average molecular weight is 546 g/mol. The number of benzene rings is 1. The number of carbonyl (C=O) groups is 2. The van der Waals surface area contributed by atoms with E-state index in [0.717, 1.165) is 79.6 Å². The van der Waals surface area contributed by atoms with Crippen LogP contribution in [-0.2, 0) is 9.59 Å². The molecule has 1 aromatic carbocycles. The number of aromatic nitrogens is 3. The maximum Gasteiger partial charge on any atom is 0.223 e. The van der Waals surface area contributed by atoms with Gasteiger partial charge in [-0.2, -0.15) is 0 Å². The molecule has 8 heteroatoms. The number of hydrogen-bond acceptors (Lipinski definition) is 7. The molecule has 0 amide bonds. The van der Waals surface area contributed by atoms with Crippen LogP contribution in [0.5, 0.6) is 5.88 Å². The van der Waals surface area contributed by atoms with Crippen LogP contribution in [0, 0.1) is 11.3 Å². The standard InChI is InChI=1S/C32H43N5O3/c1-4-23(38)12-6-5-7-14-27(33-20-29(39)25-18-32(25)15-10-16-37(2)21-32)30-34-19-28(35-30)24-17-22-11-8-9-13-26(22)36-31(24)40-3/h8-9,11,13,17,19,25,27,33H,4-7,10,12,14-16,18,20-21H2,1-3H3,(H,34,35)/t25-,27-,32?/m0/s1. The highest BCUT2D eigenvalue weighted by Crippen LogP contribution is 2.58. The molecule has 2 N–H and O–H groups in total. The van der Waals surface area contributed by atoms with Crippen molar-refractivity contribution in [3.8, 4) is 17.1 Å². The third kappa shape index (κ3) is 6.44. The third-order valence-electron chi connectivity index (χ3n) is 8.84. The predicted octanol–water partition coefficient (Wildman–Crippen LogP) is 5.49. The first-order valence-corrected chi connectivity index (χ1v) is 14.9. The number of unbranched alkanes of at least 4 members (excludes halogenated alkanes) is 2. The fourth-order valence-electron chi connectivity index (χ4n) is 6.45. The van der Waals surface area contributed by atoms with Gasteiger partial charge in [-0.3, -0.25) is 9.59 Å². The number of Topliss-reactive ketones (excluding diaryl/α,β-unsaturated/α-hetero) is 2. The number of rotatable bonds is 14. The number of pyridine rings is 1. The molecule has 1 spiro atoms. The van der Waals surface area contributed by atoms with E-state index in [-0.39, 0.29) is 17.4 Å². The number of piperidine rings is 1. The number of ether oxygens (including phenoxy) is 1. The molecule has 214 valence electrons. The summed E-state index contributed by atoms with van der Waals surface area (Å²) in [6, 6.07) is 9.97. The second-order valence-corrected chi connectivity index (χ2v) is 11.8. The van der Waals surface area contributed by atoms with E-state index in [1.807, 2.05) is 37.4 Å². The summed E-state index contributed by atoms with van der Waals surface area (Å²) in [4.78, 5) is 40.3. The molecule has 2 aliphatic rings. The van der Waals surface area contributed by atoms with Gasteiger partial charge >= 0.3 is 0 Å². The molecule has 3 aromatic rings. The summed E-state index contributed by atoms with van der Waals surface area (Å²) in [5.74, 6) is 2.17. The second-order valence-electron chi connectivity index (χ2n) is 11.8. The predicted molar refractivity (Wildman–Crippen MR) is 157 cm³/mol. The van der Waals surface area contributed by atoms with Crippen molar-refractivity contribution in [2.75, 3.05) is 33.8 Å². The number of aromatic amines is 1. The molecule has 3 atom stereocenters. The van der Waals surface area contributed by atoms with Crippen LogP contribution in [0.3, 0.4) is 0 Å². The number of hydrogen-bond donors (Lipinski definition) is 2. The SMILES string of the molecule is CCC(=O)CCCCC[C@H](NCC(=O)[C@@H]1CC12CCCN(C)C2)c1ncc(-c2cc3ccccc3nc2OC)[nH]1. The minimum Gasteiger partial charge on any atom is -0.480 e. The first-order valence-electron chi connectivity index (χ1n) is 14.9. The van der Waals surface area contributed by atoms with Crippen molar-refractivity contribution in [3.05, 3.63) is 42.4 Å². The van der Waals surface area contributed by atoms with E-state index in [9.17, 15) is 9.59 Å². The molecule has 2 aromatic heterocycles. The van der Waals surface area contributed by atoms with Crippen LogP contribution in [0.25, 0.3) is 22.2 Å². The Kier molecular flexibility index (Phi) is 8.96. The van der Waals surface area contributed by atoms with E-state index < -0.39 is 0 Å². The summed E-state index contributed by atoms with van der Waals surface area (Å²) in [6.45, 7) is 4.44. The number of fused-ring (bicyclic) bond motifs is 1. The highest BCUT2D eigenvalue weighted by molar-refractivity contribution is 5.87. The Hall–Kier alpha value is -3.10. The molecule has 1 saturated heterocycles. The van der Waals surface area contributed by atoms with Crippen molar-refractivity contribution in [1.29, 1.82) is 0 Å². The molecule has 8 nitrogen and oxygen atoms in total. The molecule has 2 fully saturated rings. The van der Waals surface area contributed by atoms with Crippen molar-refractivity contribution in [1.82, 2.24) is 25.2 Å². The maximum absolute atomic E-state index is 13.3. The number of ketones is 2. The number of imidazole rings is 1. The average Bonchev–Trinajstić information content (AvgIpc) is 3.41. The molecule has 3 heterocycles. The van der Waals surface area contributed by atoms with Gasteiger partial charge in [-0.1, -0.05) is 38.0 Å². The number of carbonyl (C=O) groups excluding carboxylic acids is 2. The topological polar surface area (TPSA) is 100 Å². The van der Waals surface area contributed by atoms with Gasteiger partial charge in [0.2, 0.25) is 5.88 Å². The summed E-state index contributed by atoms with van der Waals surface area (Å²) in [5.41, 5.74) is 2.77. The summed E-state index contributed by atoms with van der Waals surface area (Å²) in [6.07, 6.45) is 10.1. The van der Waals surface area contributed by atoms with E-state index in [2.05, 4.69) is 33.3 Å². The van der Waals surface area contributed by atoms with Gasteiger partial charge in [0.15, 0.2) is 0 Å². The van der Waals surface area contributed by atoms with Gasteiger partial charge in [-0.15, -0.1) is 0 Å². The third-order valence-corrected chi connectivity index (χ3v) is 8.84. The Bertz CT molecular complexity index is 1340. The highest BCUT2D eigenvalue weighted by Gasteiger charge is 2.58. The van der Waals surface area contributed by atoms with Gasteiger partial charge in [-0.05, 0) is 63.2 Å². The normalized spacial score (nSPS) is 21.5. The van der Waals surface area contributed by atoms with Crippen molar-refractivity contribution < 1.29 is 14.3 Å². The molecule has 1 unspecified atom stereocenters. The van der Waals surface area contributed by atoms with Crippen LogP contribution >= 0.6 is 0 Å². The van der Waals surface area contributed by atoms with E-state index in [1.54, 1.807) is 7.11 Å². The Morgan fingerprint density at radius 2 is 2.10 bits per heavy atom. The van der Waals surface area contributed by atoms with Gasteiger partial charge in [0.05, 0.1) is 42.7 Å². The van der Waals surface area contributed by atoms with Gasteiger partial charge in [0.25, 0.3) is 0 Å². The van der Waals surface area contributed by atoms with Gasteiger partial charge in [0, 0.05) is 30.7 Å². The number of H-pyrrole nitrogens is 1. The summed E-state index contributed by atoms with van der Waals surface area (Å²) < 4.78 is 5.62. The zero-order chi connectivity index (χ0) is 28.1. The lowest BCUT2D eigenvalue weighted by Crippen LogP contribution is -2.36. The van der Waals surface area contributed by atoms with Crippen molar-refractivity contribution >= 4 is 22.5 Å². The van der Waals surface area contributed by atoms with Crippen LogP contribution in [0.4, 0.5) is 0 Å². The van der Waals surface area contributed by atoms with Crippen LogP contribution in [0.1, 0.15) is 76.6 Å². The van der Waals surface area contributed by atoms with Crippen LogP contribution in [0.15, 0.2) is 36.5 Å². The van der Waals surface area contributed by atoms with Gasteiger partial charge in [-0.25, -0.2) is 9.97 Å². The molecular weight excluding hydrogens is 502 g/mol. The van der Waals surface area contributed by atoms with Crippen molar-refractivity contribution in [2.45, 2.75) is 70.8 Å². The molecule has 5 rings (SSSR count). The second kappa shape index (κ2) is 12.6. The monoisotopic (exact) mass is 545 g/mol. The van der Waals surface area contributed by atoms with E-state index in [0.29, 0.717) is 36.8 Å². The van der Waals surface area contributed by atoms with Gasteiger partial charge in [0.1, 0.15) is 17.4 Å². The Balaban J connectivity index is 1.28. The zero-order valence-corrected chi connectivity index (χ0v) is 24.2. The lowest BCUT2D eigenvalue weighted by atomic mass is 9.91. The Morgan fingerprint density at radius 3 is 2.90 bits per heavy atom. The smallest absolute Gasteiger partial charge is 0.223 e. The molecule has 0 radical (unpaired) electrons. The molecular formula is C32H43N5O3. The van der Waals surface area contributed by atoms with Crippen LogP contribution in [-0.4, -0.2) is 65.2 Å². The van der Waals surface area contributed by atoms with Crippen LogP contribution in [0.2, 0.25) is 0 Å². The maximum atomic E-state index is 13.3. The van der Waals surface area contributed by atoms with Crippen LogP contribution < -0.4 is 10.1 Å². The molecule has 1 saturated carbocycles. The fraction of sp³-hybridized carbons (Fsp3) is 0.562. The first kappa shape index (κ1) is 28.4. The summed E-state index contributed by atoms with van der Waals surface area (Å²) in [5, 5.41) is 4.58. The Morgan fingerprint density at radius 1 is 1.25 bits per heavy atom. The lowest BCUT2D eigenvalue weighted by molar-refractivity contribution is -0.121. The number of nitrogens with one attached hydrogen (secondary N) is 2. The number of nitrogens with zero attached hydrogens (tertiary/aromatic N) is 3. The lowest BCUT2D eigenvalue weighted by Gasteiger charge is -2.30. The minimum atomic E-state index is -0.0808. The molecule has 0 bridgehead atoms. The highest BCUT2D eigenvalue weighted by atomic mass is 16.5. The number of likely N-dealkylation sites (tertiary alicyclic amines) is 1. The van der Waals surface area contributed by atoms with Crippen molar-refractivity contribution in [3.63, 3.8) is 0 Å². The number of methoxy groups -OCH3 is 1. The first-order chi connectivity index (χ1) is 19.4. The zero-order valence-electron chi connectivity index (χ0n) is 24.2. The van der Waals surface area contributed by atoms with Crippen molar-refractivity contribution in [2.24, 2.45) is 11.3 Å². The largest absolute Gasteiger partial charge is 0.480 e. The molecule has 40 heavy (non-hydrogen) atoms. The van der Waals surface area contributed by atoms with E-state index in [4.69, 9.17) is 9.72 Å². The molecule has 1 aliphatic heterocycles. The van der Waals surface area contributed by atoms with Gasteiger partial charge < -0.3 is 19.9 Å². The molecule has 1 aliphatic carbocycles. The number of para-hydroxylation sites is 1.